The molecule has 1 saturated heterocycles. The number of ether oxygens (including phenoxy) is 3. The van der Waals surface area contributed by atoms with E-state index in [0.29, 0.717) is 37.1 Å². The van der Waals surface area contributed by atoms with Crippen LogP contribution >= 0.6 is 12.2 Å². The highest BCUT2D eigenvalue weighted by atomic mass is 32.1. The average molecular weight is 762 g/mol. The Balaban J connectivity index is 0.000000294. The van der Waals surface area contributed by atoms with Crippen LogP contribution in [0.15, 0.2) is 78.9 Å². The molecule has 12 heteroatoms. The summed E-state index contributed by atoms with van der Waals surface area (Å²) in [4.78, 5) is 15.6. The van der Waals surface area contributed by atoms with Gasteiger partial charge in [0, 0.05) is 26.7 Å². The second-order valence-corrected chi connectivity index (χ2v) is 13.1. The number of hydrogen-bond donors (Lipinski definition) is 2. The summed E-state index contributed by atoms with van der Waals surface area (Å²) in [5, 5.41) is 8.92. The Morgan fingerprint density at radius 3 is 1.89 bits per heavy atom. The van der Waals surface area contributed by atoms with Crippen molar-refractivity contribution in [2.75, 3.05) is 58.5 Å². The van der Waals surface area contributed by atoms with Gasteiger partial charge < -0.3 is 30.0 Å². The lowest BCUT2D eigenvalue weighted by atomic mass is 9.82. The number of carbonyl (C=O) groups excluding carboxylic acids is 1. The summed E-state index contributed by atoms with van der Waals surface area (Å²) < 4.78 is 53.4. The number of cyclic esters (lactones) is 1. The van der Waals surface area contributed by atoms with Gasteiger partial charge in [-0.25, -0.2) is 18.0 Å². The van der Waals surface area contributed by atoms with E-state index in [4.69, 9.17) is 15.2 Å². The lowest BCUT2D eigenvalue weighted by Gasteiger charge is -2.26. The minimum Gasteiger partial charge on any atom is -0.482 e. The molecule has 53 heavy (non-hydrogen) atoms. The number of nitrogens with zero attached hydrogens (tertiary/aromatic N) is 2. The molecule has 3 aromatic carbocycles. The molecule has 0 radical (unpaired) electrons. The number of benzene rings is 3. The molecular formula is C41H58F3N3O5S. The largest absolute Gasteiger partial charge is 0.482 e. The van der Waals surface area contributed by atoms with Crippen LogP contribution < -0.4 is 10.6 Å². The zero-order valence-corrected chi connectivity index (χ0v) is 32.6. The van der Waals surface area contributed by atoms with Crippen LogP contribution in [-0.2, 0) is 14.2 Å². The maximum Gasteiger partial charge on any atom is 0.414 e. The van der Waals surface area contributed by atoms with E-state index >= 15 is 0 Å². The van der Waals surface area contributed by atoms with Gasteiger partial charge in [0.2, 0.25) is 5.05 Å². The molecule has 3 N–H and O–H groups in total. The molecule has 1 aliphatic carbocycles. The van der Waals surface area contributed by atoms with Gasteiger partial charge in [-0.15, -0.1) is 0 Å². The van der Waals surface area contributed by atoms with Crippen LogP contribution in [0.5, 0.6) is 0 Å². The quantitative estimate of drug-likeness (QED) is 0.177. The van der Waals surface area contributed by atoms with Gasteiger partial charge in [-0.1, -0.05) is 87.5 Å². The second-order valence-electron chi connectivity index (χ2n) is 12.7. The number of halogens is 3. The van der Waals surface area contributed by atoms with Gasteiger partial charge in [-0.05, 0) is 98.7 Å². The van der Waals surface area contributed by atoms with E-state index in [1.165, 1.54) is 30.6 Å². The molecule has 2 aliphatic rings. The highest BCUT2D eigenvalue weighted by molar-refractivity contribution is 7.80. The molecule has 294 valence electrons. The highest BCUT2D eigenvalue weighted by Gasteiger charge is 2.32. The summed E-state index contributed by atoms with van der Waals surface area (Å²) in [7, 11) is 3.25. The minimum atomic E-state index is -2.70. The summed E-state index contributed by atoms with van der Waals surface area (Å²) in [5.41, 5.74) is 8.93. The number of aliphatic hydroxyl groups is 1. The first-order chi connectivity index (χ1) is 25.5. The summed E-state index contributed by atoms with van der Waals surface area (Å²) >= 11 is 4.49. The zero-order valence-electron chi connectivity index (χ0n) is 31.8. The van der Waals surface area contributed by atoms with Crippen LogP contribution in [0.3, 0.4) is 0 Å². The van der Waals surface area contributed by atoms with Crippen molar-refractivity contribution in [3.8, 4) is 0 Å². The molecule has 0 bridgehead atoms. The van der Waals surface area contributed by atoms with E-state index in [0.717, 1.165) is 24.0 Å². The van der Waals surface area contributed by atoms with Crippen molar-refractivity contribution in [3.05, 3.63) is 101 Å². The highest BCUT2D eigenvalue weighted by Crippen LogP contribution is 2.36. The maximum absolute atomic E-state index is 14.4. The summed E-state index contributed by atoms with van der Waals surface area (Å²) in [6, 6.07) is 24.8. The first-order valence-corrected chi connectivity index (χ1v) is 18.8. The van der Waals surface area contributed by atoms with Crippen LogP contribution in [0.2, 0.25) is 0 Å². The van der Waals surface area contributed by atoms with Gasteiger partial charge in [0.25, 0.3) is 0 Å². The van der Waals surface area contributed by atoms with Crippen LogP contribution in [0, 0.1) is 5.82 Å². The molecule has 5 rings (SSSR count). The number of alkyl halides is 2. The summed E-state index contributed by atoms with van der Waals surface area (Å²) in [6.45, 7) is 10.9. The smallest absolute Gasteiger partial charge is 0.414 e. The van der Waals surface area contributed by atoms with Crippen LogP contribution in [-0.4, -0.2) is 93.3 Å². The van der Waals surface area contributed by atoms with Gasteiger partial charge in [-0.2, -0.15) is 0 Å². The molecule has 1 heterocycles. The van der Waals surface area contributed by atoms with Crippen LogP contribution in [0.4, 0.5) is 23.7 Å². The van der Waals surface area contributed by atoms with E-state index < -0.39 is 17.6 Å². The molecule has 8 nitrogen and oxygen atoms in total. The number of rotatable bonds is 12. The molecule has 3 aromatic rings. The number of nitrogens with two attached hydrogens (primary N) is 1. The van der Waals surface area contributed by atoms with Crippen molar-refractivity contribution >= 4 is 29.0 Å². The first-order valence-electron chi connectivity index (χ1n) is 18.4. The lowest BCUT2D eigenvalue weighted by molar-refractivity contribution is 0.122. The van der Waals surface area contributed by atoms with E-state index in [2.05, 4.69) is 42.6 Å². The number of anilines is 1. The van der Waals surface area contributed by atoms with Crippen molar-refractivity contribution in [1.82, 2.24) is 4.90 Å². The SMILES string of the molecule is CCN(CC)CC.COC.FC(F)C(=S)OCCC(c1ccccc1)c1ccccc1.NC[C@H]1CN(c2ccc(C3CCC(O)CC3)c(F)c2)C(=O)O1. The molecule has 0 aromatic heterocycles. The van der Waals surface area contributed by atoms with Gasteiger partial charge in [0.05, 0.1) is 24.9 Å². The van der Waals surface area contributed by atoms with Crippen molar-refractivity contribution in [2.24, 2.45) is 5.73 Å². The predicted molar refractivity (Wildman–Crippen MR) is 211 cm³/mol. The maximum atomic E-state index is 14.4. The second kappa shape index (κ2) is 25.5. The third-order valence-electron chi connectivity index (χ3n) is 9.14. The normalized spacial score (nSPS) is 17.9. The van der Waals surface area contributed by atoms with Gasteiger partial charge in [0.1, 0.15) is 11.9 Å². The van der Waals surface area contributed by atoms with Crippen LogP contribution in [0.1, 0.15) is 81.4 Å². The molecule has 0 unspecified atom stereocenters. The standard InChI is InChI=1S/C17H16F2OS.C16H21FN2O3.C6H15N.C2H6O/c18-16(19)17(21)20-12-11-15(13-7-3-1-4-8-13)14-9-5-2-6-10-14;17-15-7-11(19-9-13(8-18)22-16(19)21)3-6-14(15)10-1-4-12(20)5-2-10;1-4-7(5-2)6-3;1-3-2/h1-10,15-16H,11-12H2;3,6-7,10,12-13,20H,1-2,4-5,8-9,18H2;4-6H2,1-3H3;1-2H3/t;10?,12?,13-;;/m.0../s1. The fraction of sp³-hybridized carbons (Fsp3) is 0.512. The fourth-order valence-corrected chi connectivity index (χ4v) is 6.25. The Morgan fingerprint density at radius 1 is 0.943 bits per heavy atom. The third-order valence-corrected chi connectivity index (χ3v) is 9.44. The number of methoxy groups -OCH3 is 1. The average Bonchev–Trinajstić information content (AvgIpc) is 3.56. The monoisotopic (exact) mass is 761 g/mol. The number of hydrogen-bond acceptors (Lipinski definition) is 8. The van der Waals surface area contributed by atoms with E-state index in [1.807, 2.05) is 60.7 Å². The number of carbonyl (C=O) groups is 1. The summed E-state index contributed by atoms with van der Waals surface area (Å²) in [5.74, 6) is -0.0597. The Labute approximate surface area is 319 Å². The van der Waals surface area contributed by atoms with Gasteiger partial charge in [-0.3, -0.25) is 4.90 Å². The van der Waals surface area contributed by atoms with Crippen molar-refractivity contribution < 1.29 is 37.3 Å². The fourth-order valence-electron chi connectivity index (χ4n) is 6.16. The van der Waals surface area contributed by atoms with Gasteiger partial charge >= 0.3 is 12.5 Å². The predicted octanol–water partition coefficient (Wildman–Crippen LogP) is 8.56. The van der Waals surface area contributed by atoms with E-state index in [9.17, 15) is 23.1 Å². The Kier molecular flexibility index (Phi) is 21.9. The van der Waals surface area contributed by atoms with Crippen molar-refractivity contribution in [2.45, 2.75) is 83.3 Å². The minimum absolute atomic E-state index is 0.105. The summed E-state index contributed by atoms with van der Waals surface area (Å²) in [6.07, 6.45) is -0.181. The Morgan fingerprint density at radius 2 is 1.47 bits per heavy atom. The zero-order chi connectivity index (χ0) is 39.2. The van der Waals surface area contributed by atoms with Gasteiger partial charge in [0.15, 0.2) is 0 Å². The lowest BCUT2D eigenvalue weighted by Crippen LogP contribution is -2.27. The third kappa shape index (κ3) is 15.8. The number of thiocarbonyl (C=S) groups is 1. The molecule has 1 saturated carbocycles. The molecular weight excluding hydrogens is 704 g/mol. The number of aliphatic hydroxyl groups excluding tert-OH is 1. The van der Waals surface area contributed by atoms with Crippen LogP contribution in [0.25, 0.3) is 0 Å². The number of amides is 1. The molecule has 1 aliphatic heterocycles. The van der Waals surface area contributed by atoms with Crippen molar-refractivity contribution in [3.63, 3.8) is 0 Å². The topological polar surface area (TPSA) is 97.5 Å². The first kappa shape index (κ1) is 45.6. The van der Waals surface area contributed by atoms with E-state index in [-0.39, 0.29) is 43.0 Å². The Bertz CT molecular complexity index is 1400. The Hall–Kier alpha value is -3.55. The van der Waals surface area contributed by atoms with E-state index in [1.54, 1.807) is 26.4 Å². The molecule has 1 amide bonds. The molecule has 0 spiro atoms. The molecule has 2 fully saturated rings. The molecule has 1 atom stereocenters. The van der Waals surface area contributed by atoms with Crippen molar-refractivity contribution in [1.29, 1.82) is 0 Å².